The third-order valence-electron chi connectivity index (χ3n) is 6.76. The van der Waals surface area contributed by atoms with E-state index in [2.05, 4.69) is 22.3 Å². The summed E-state index contributed by atoms with van der Waals surface area (Å²) in [5.41, 5.74) is 2.70. The Bertz CT molecular complexity index is 811. The maximum absolute atomic E-state index is 13.0. The quantitative estimate of drug-likeness (QED) is 0.755. The summed E-state index contributed by atoms with van der Waals surface area (Å²) in [6, 6.07) is 6.69. The first-order chi connectivity index (χ1) is 14.1. The number of hydrogen-bond donors (Lipinski definition) is 1. The van der Waals surface area contributed by atoms with Crippen molar-refractivity contribution in [2.24, 2.45) is 0 Å². The molecule has 1 aromatic carbocycles. The average molecular weight is 419 g/mol. The zero-order valence-corrected chi connectivity index (χ0v) is 17.2. The molecule has 0 saturated carbocycles. The molecule has 29 heavy (non-hydrogen) atoms. The third-order valence-corrected chi connectivity index (χ3v) is 7.00. The molecule has 0 aromatic heterocycles. The fourth-order valence-corrected chi connectivity index (χ4v) is 5.34. The van der Waals surface area contributed by atoms with E-state index < -0.39 is 0 Å². The summed E-state index contributed by atoms with van der Waals surface area (Å²) in [5.74, 6) is -0.0886. The predicted octanol–water partition coefficient (Wildman–Crippen LogP) is 1.83. The van der Waals surface area contributed by atoms with Crippen LogP contribution >= 0.6 is 11.6 Å². The number of benzene rings is 1. The Labute approximate surface area is 175 Å². The van der Waals surface area contributed by atoms with Crippen LogP contribution in [0.5, 0.6) is 0 Å². The first-order valence-corrected chi connectivity index (χ1v) is 10.9. The number of hydrogen-bond acceptors (Lipinski definition) is 4. The Hall–Kier alpha value is -1.83. The number of nitrogens with one attached hydrogen (secondary N) is 1. The number of urea groups is 1. The third kappa shape index (κ3) is 3.83. The second-order valence-corrected chi connectivity index (χ2v) is 9.01. The summed E-state index contributed by atoms with van der Waals surface area (Å²) in [6.45, 7) is 4.85. The average Bonchev–Trinajstić information content (AvgIpc) is 3.16. The summed E-state index contributed by atoms with van der Waals surface area (Å²) >= 11 is 6.14. The van der Waals surface area contributed by atoms with Gasteiger partial charge in [-0.05, 0) is 42.5 Å². The maximum Gasteiger partial charge on any atom is 0.320 e. The molecule has 0 spiro atoms. The van der Waals surface area contributed by atoms with Crippen molar-refractivity contribution in [2.45, 2.75) is 50.5 Å². The minimum absolute atomic E-state index is 0.0350. The normalized spacial score (nSPS) is 28.1. The van der Waals surface area contributed by atoms with Crippen molar-refractivity contribution in [1.29, 1.82) is 0 Å². The monoisotopic (exact) mass is 418 g/mol. The van der Waals surface area contributed by atoms with Crippen molar-refractivity contribution in [3.63, 3.8) is 0 Å². The van der Waals surface area contributed by atoms with Crippen molar-refractivity contribution < 1.29 is 14.3 Å². The van der Waals surface area contributed by atoms with Crippen LogP contribution in [0.15, 0.2) is 18.2 Å². The minimum atomic E-state index is -0.0886. The van der Waals surface area contributed by atoms with E-state index in [1.54, 1.807) is 0 Å². The predicted molar refractivity (Wildman–Crippen MR) is 109 cm³/mol. The Morgan fingerprint density at radius 2 is 1.83 bits per heavy atom. The zero-order valence-electron chi connectivity index (χ0n) is 16.5. The van der Waals surface area contributed by atoms with Crippen molar-refractivity contribution in [3.8, 4) is 0 Å². The van der Waals surface area contributed by atoms with Crippen molar-refractivity contribution in [1.82, 2.24) is 20.0 Å². The number of piperidine rings is 2. The number of rotatable bonds is 1. The number of carbonyl (C=O) groups is 2. The van der Waals surface area contributed by atoms with Gasteiger partial charge in [0, 0.05) is 50.3 Å². The molecule has 3 fully saturated rings. The van der Waals surface area contributed by atoms with Gasteiger partial charge in [-0.1, -0.05) is 17.7 Å². The molecule has 0 radical (unpaired) electrons. The fourth-order valence-electron chi connectivity index (χ4n) is 5.14. The molecule has 8 heteroatoms. The van der Waals surface area contributed by atoms with Gasteiger partial charge in [0.15, 0.2) is 0 Å². The first kappa shape index (κ1) is 19.2. The highest BCUT2D eigenvalue weighted by atomic mass is 35.5. The van der Waals surface area contributed by atoms with Crippen molar-refractivity contribution in [2.75, 3.05) is 32.8 Å². The maximum atomic E-state index is 13.0. The number of amides is 3. The lowest BCUT2D eigenvalue weighted by atomic mass is 10.00. The molecule has 3 saturated heterocycles. The van der Waals surface area contributed by atoms with E-state index in [0.29, 0.717) is 19.1 Å². The van der Waals surface area contributed by atoms with Gasteiger partial charge in [-0.15, -0.1) is 0 Å². The zero-order chi connectivity index (χ0) is 20.0. The topological polar surface area (TPSA) is 65.1 Å². The summed E-state index contributed by atoms with van der Waals surface area (Å²) < 4.78 is 5.60. The summed E-state index contributed by atoms with van der Waals surface area (Å²) in [4.78, 5) is 31.0. The Morgan fingerprint density at radius 3 is 2.66 bits per heavy atom. The van der Waals surface area contributed by atoms with Crippen molar-refractivity contribution in [3.05, 3.63) is 34.3 Å². The highest BCUT2D eigenvalue weighted by Crippen LogP contribution is 2.30. The van der Waals surface area contributed by atoms with Crippen LogP contribution in [0.4, 0.5) is 4.79 Å². The van der Waals surface area contributed by atoms with Gasteiger partial charge in [-0.2, -0.15) is 0 Å². The standard InChI is InChI=1S/C21H27ClN4O3/c22-16-2-1-14-10-26(11-15(14)9-16)17-3-6-24(7-4-17)21(28)25-8-5-19-18(12-25)23-20(27)13-29-19/h1-2,9,17-19H,3-8,10-13H2,(H,23,27). The summed E-state index contributed by atoms with van der Waals surface area (Å²) in [5, 5.41) is 3.77. The van der Waals surface area contributed by atoms with Gasteiger partial charge in [0.1, 0.15) is 6.61 Å². The van der Waals surface area contributed by atoms with Crippen LogP contribution in [0, 0.1) is 0 Å². The Balaban J connectivity index is 1.14. The van der Waals surface area contributed by atoms with E-state index in [1.165, 1.54) is 11.1 Å². The molecule has 5 rings (SSSR count). The van der Waals surface area contributed by atoms with Gasteiger partial charge < -0.3 is 19.9 Å². The van der Waals surface area contributed by atoms with Crippen LogP contribution in [0.2, 0.25) is 5.02 Å². The van der Waals surface area contributed by atoms with Crippen LogP contribution in [-0.2, 0) is 22.6 Å². The number of carbonyl (C=O) groups excluding carboxylic acids is 2. The van der Waals surface area contributed by atoms with Gasteiger partial charge in [0.05, 0.1) is 12.1 Å². The first-order valence-electron chi connectivity index (χ1n) is 10.5. The number of halogens is 1. The molecule has 4 aliphatic heterocycles. The van der Waals surface area contributed by atoms with Crippen LogP contribution in [0.25, 0.3) is 0 Å². The molecule has 0 bridgehead atoms. The summed E-state index contributed by atoms with van der Waals surface area (Å²) in [6.07, 6.45) is 2.80. The molecule has 0 aliphatic carbocycles. The lowest BCUT2D eigenvalue weighted by molar-refractivity contribution is -0.139. The van der Waals surface area contributed by atoms with Crippen LogP contribution in [0.3, 0.4) is 0 Å². The molecular formula is C21H27ClN4O3. The largest absolute Gasteiger partial charge is 0.366 e. The molecular weight excluding hydrogens is 392 g/mol. The molecule has 4 heterocycles. The molecule has 1 N–H and O–H groups in total. The van der Waals surface area contributed by atoms with Gasteiger partial charge in [0.25, 0.3) is 0 Å². The SMILES string of the molecule is O=C1COC2CCN(C(=O)N3CCC(N4Cc5ccc(Cl)cc5C4)CC3)CC2N1. The lowest BCUT2D eigenvalue weighted by Gasteiger charge is -2.44. The van der Waals surface area contributed by atoms with E-state index in [-0.39, 0.29) is 30.7 Å². The van der Waals surface area contributed by atoms with Crippen LogP contribution in [-0.4, -0.2) is 77.6 Å². The molecule has 2 atom stereocenters. The van der Waals surface area contributed by atoms with Crippen molar-refractivity contribution >= 4 is 23.5 Å². The Morgan fingerprint density at radius 1 is 1.07 bits per heavy atom. The fraction of sp³-hybridized carbons (Fsp3) is 0.619. The van der Waals surface area contributed by atoms with E-state index in [0.717, 1.165) is 50.5 Å². The number of morpholine rings is 1. The molecule has 4 aliphatic rings. The Kier molecular flexibility index (Phi) is 5.14. The second-order valence-electron chi connectivity index (χ2n) is 8.58. The van der Waals surface area contributed by atoms with E-state index >= 15 is 0 Å². The summed E-state index contributed by atoms with van der Waals surface area (Å²) in [7, 11) is 0. The van der Waals surface area contributed by atoms with Gasteiger partial charge >= 0.3 is 6.03 Å². The number of likely N-dealkylation sites (tertiary alicyclic amines) is 2. The molecule has 1 aromatic rings. The van der Waals surface area contributed by atoms with E-state index in [4.69, 9.17) is 16.3 Å². The number of ether oxygens (including phenoxy) is 1. The van der Waals surface area contributed by atoms with Gasteiger partial charge in [-0.25, -0.2) is 4.79 Å². The molecule has 3 amide bonds. The molecule has 2 unspecified atom stereocenters. The smallest absolute Gasteiger partial charge is 0.320 e. The van der Waals surface area contributed by atoms with Gasteiger partial charge in [0.2, 0.25) is 5.91 Å². The second kappa shape index (κ2) is 7.78. The number of fused-ring (bicyclic) bond motifs is 2. The molecule has 7 nitrogen and oxygen atoms in total. The van der Waals surface area contributed by atoms with E-state index in [9.17, 15) is 9.59 Å². The molecule has 156 valence electrons. The van der Waals surface area contributed by atoms with Crippen LogP contribution < -0.4 is 5.32 Å². The van der Waals surface area contributed by atoms with Gasteiger partial charge in [-0.3, -0.25) is 9.69 Å². The number of nitrogens with zero attached hydrogens (tertiary/aromatic N) is 3. The lowest BCUT2D eigenvalue weighted by Crippen LogP contribution is -2.62. The highest BCUT2D eigenvalue weighted by Gasteiger charge is 2.38. The van der Waals surface area contributed by atoms with E-state index in [1.807, 2.05) is 15.9 Å². The highest BCUT2D eigenvalue weighted by molar-refractivity contribution is 6.30. The minimum Gasteiger partial charge on any atom is -0.366 e. The van der Waals surface area contributed by atoms with Crippen LogP contribution in [0.1, 0.15) is 30.4 Å².